The lowest BCUT2D eigenvalue weighted by atomic mass is 10.3. The Kier molecular flexibility index (Phi) is 10.5. The first-order chi connectivity index (χ1) is 12.9. The maximum atomic E-state index is 12.8. The summed E-state index contributed by atoms with van der Waals surface area (Å²) in [4.78, 5) is 7.78. The number of nitrogens with zero attached hydrogens (tertiary/aromatic N) is 2. The molecule has 0 bridgehead atoms. The Morgan fingerprint density at radius 2 is 1.93 bits per heavy atom. The van der Waals surface area contributed by atoms with Gasteiger partial charge < -0.3 is 15.4 Å². The fourth-order valence-electron chi connectivity index (χ4n) is 2.00. The van der Waals surface area contributed by atoms with E-state index in [1.807, 2.05) is 6.92 Å². The Bertz CT molecular complexity index is 738. The summed E-state index contributed by atoms with van der Waals surface area (Å²) in [6.07, 6.45) is -3.77. The molecule has 0 atom stereocenters. The second-order valence-corrected chi connectivity index (χ2v) is 6.34. The van der Waals surface area contributed by atoms with Gasteiger partial charge in [0.2, 0.25) is 0 Å². The molecular weight excluding hydrogens is 511 g/mol. The van der Waals surface area contributed by atoms with Crippen molar-refractivity contribution < 1.29 is 22.3 Å². The predicted octanol–water partition coefficient (Wildman–Crippen LogP) is 4.44. The van der Waals surface area contributed by atoms with E-state index in [-0.39, 0.29) is 36.3 Å². The molecule has 1 heterocycles. The van der Waals surface area contributed by atoms with E-state index < -0.39 is 11.9 Å². The minimum Gasteiger partial charge on any atom is -0.494 e. The molecule has 0 radical (unpaired) electrons. The van der Waals surface area contributed by atoms with Gasteiger partial charge in [-0.25, -0.2) is 14.4 Å². The molecule has 1 aromatic heterocycles. The molecule has 0 saturated heterocycles. The highest BCUT2D eigenvalue weighted by molar-refractivity contribution is 14.0. The zero-order valence-electron chi connectivity index (χ0n) is 15.1. The number of hydrogen-bond acceptors (Lipinski definition) is 4. The number of nitrogens with one attached hydrogen (secondary N) is 2. The van der Waals surface area contributed by atoms with Crippen molar-refractivity contribution in [1.82, 2.24) is 15.6 Å². The van der Waals surface area contributed by atoms with Crippen molar-refractivity contribution in [2.24, 2.45) is 4.99 Å². The second kappa shape index (κ2) is 12.0. The highest BCUT2D eigenvalue weighted by atomic mass is 127. The standard InChI is InChI=1S/C17H20F4N4OS.HI/c1-2-22-16(24-10-15-25-14(11-27-15)17(19,20)21)23-8-3-9-26-13-6-4-12(18)5-7-13;/h4-7,11H,2-3,8-10H2,1H3,(H2,22,23,24);1H. The second-order valence-electron chi connectivity index (χ2n) is 5.40. The zero-order valence-corrected chi connectivity index (χ0v) is 18.2. The molecule has 0 unspecified atom stereocenters. The topological polar surface area (TPSA) is 58.5 Å². The Hall–Kier alpha value is -1.63. The first-order valence-electron chi connectivity index (χ1n) is 8.30. The largest absolute Gasteiger partial charge is 0.494 e. The van der Waals surface area contributed by atoms with Gasteiger partial charge in [0.25, 0.3) is 0 Å². The van der Waals surface area contributed by atoms with Crippen LogP contribution in [-0.4, -0.2) is 30.6 Å². The number of aliphatic imine (C=N–C) groups is 1. The molecule has 0 fully saturated rings. The van der Waals surface area contributed by atoms with E-state index in [1.54, 1.807) is 12.1 Å². The average Bonchev–Trinajstić information content (AvgIpc) is 3.10. The van der Waals surface area contributed by atoms with Crippen molar-refractivity contribution in [3.05, 3.63) is 46.2 Å². The number of halogens is 5. The Labute approximate surface area is 181 Å². The van der Waals surface area contributed by atoms with Gasteiger partial charge in [0.1, 0.15) is 16.6 Å². The molecule has 156 valence electrons. The minimum absolute atomic E-state index is 0. The van der Waals surface area contributed by atoms with Gasteiger partial charge in [0, 0.05) is 18.5 Å². The smallest absolute Gasteiger partial charge is 0.434 e. The van der Waals surface area contributed by atoms with E-state index in [2.05, 4.69) is 20.6 Å². The van der Waals surface area contributed by atoms with Crippen molar-refractivity contribution in [2.45, 2.75) is 26.1 Å². The van der Waals surface area contributed by atoms with Gasteiger partial charge in [-0.3, -0.25) is 0 Å². The van der Waals surface area contributed by atoms with Crippen LogP contribution >= 0.6 is 35.3 Å². The lowest BCUT2D eigenvalue weighted by Gasteiger charge is -2.11. The normalized spacial score (nSPS) is 11.7. The van der Waals surface area contributed by atoms with Crippen molar-refractivity contribution in [3.63, 3.8) is 0 Å². The summed E-state index contributed by atoms with van der Waals surface area (Å²) in [7, 11) is 0. The predicted molar refractivity (Wildman–Crippen MR) is 112 cm³/mol. The molecule has 2 aromatic rings. The summed E-state index contributed by atoms with van der Waals surface area (Å²) in [6.45, 7) is 3.55. The Morgan fingerprint density at radius 3 is 2.54 bits per heavy atom. The molecular formula is C17H21F4IN4OS. The number of guanidine groups is 1. The molecule has 0 aliphatic heterocycles. The lowest BCUT2D eigenvalue weighted by molar-refractivity contribution is -0.140. The van der Waals surface area contributed by atoms with Crippen LogP contribution in [0.25, 0.3) is 0 Å². The number of alkyl halides is 3. The third kappa shape index (κ3) is 8.59. The lowest BCUT2D eigenvalue weighted by Crippen LogP contribution is -2.38. The van der Waals surface area contributed by atoms with Crippen molar-refractivity contribution >= 4 is 41.3 Å². The molecule has 0 saturated carbocycles. The van der Waals surface area contributed by atoms with E-state index >= 15 is 0 Å². The first-order valence-corrected chi connectivity index (χ1v) is 9.18. The Balaban J connectivity index is 0.00000392. The van der Waals surface area contributed by atoms with Crippen LogP contribution in [0, 0.1) is 5.82 Å². The van der Waals surface area contributed by atoms with Crippen LogP contribution in [0.5, 0.6) is 5.75 Å². The van der Waals surface area contributed by atoms with Crippen LogP contribution in [0.1, 0.15) is 24.0 Å². The van der Waals surface area contributed by atoms with Crippen LogP contribution in [-0.2, 0) is 12.7 Å². The van der Waals surface area contributed by atoms with Crippen LogP contribution < -0.4 is 15.4 Å². The number of benzene rings is 1. The first kappa shape index (κ1) is 24.4. The van der Waals surface area contributed by atoms with Crippen molar-refractivity contribution in [1.29, 1.82) is 0 Å². The summed E-state index contributed by atoms with van der Waals surface area (Å²) in [5, 5.41) is 7.37. The molecule has 0 aliphatic carbocycles. The molecule has 0 spiro atoms. The van der Waals surface area contributed by atoms with E-state index in [0.717, 1.165) is 16.7 Å². The number of thiazole rings is 1. The average molecular weight is 532 g/mol. The van der Waals surface area contributed by atoms with Crippen LogP contribution in [0.4, 0.5) is 17.6 Å². The number of ether oxygens (including phenoxy) is 1. The summed E-state index contributed by atoms with van der Waals surface area (Å²) in [5.74, 6) is 0.752. The molecule has 1 aromatic carbocycles. The van der Waals surface area contributed by atoms with Gasteiger partial charge in [0.15, 0.2) is 11.7 Å². The van der Waals surface area contributed by atoms with Gasteiger partial charge in [-0.1, -0.05) is 0 Å². The van der Waals surface area contributed by atoms with Gasteiger partial charge in [-0.05, 0) is 37.6 Å². The number of hydrogen-bond donors (Lipinski definition) is 2. The summed E-state index contributed by atoms with van der Waals surface area (Å²) >= 11 is 0.927. The van der Waals surface area contributed by atoms with Gasteiger partial charge in [-0.2, -0.15) is 13.2 Å². The molecule has 0 aliphatic rings. The van der Waals surface area contributed by atoms with Gasteiger partial charge in [0.05, 0.1) is 13.2 Å². The van der Waals surface area contributed by atoms with E-state index in [4.69, 9.17) is 4.74 Å². The molecule has 0 amide bonds. The van der Waals surface area contributed by atoms with Gasteiger partial charge in [-0.15, -0.1) is 35.3 Å². The molecule has 28 heavy (non-hydrogen) atoms. The molecule has 2 rings (SSSR count). The fourth-order valence-corrected chi connectivity index (χ4v) is 2.73. The quantitative estimate of drug-likeness (QED) is 0.174. The SMILES string of the molecule is CCNC(=NCc1nc(C(F)(F)F)cs1)NCCCOc1ccc(F)cc1.I. The molecule has 5 nitrogen and oxygen atoms in total. The van der Waals surface area contributed by atoms with E-state index in [9.17, 15) is 17.6 Å². The third-order valence-electron chi connectivity index (χ3n) is 3.25. The summed E-state index contributed by atoms with van der Waals surface area (Å²) in [6, 6.07) is 5.76. The van der Waals surface area contributed by atoms with E-state index in [1.165, 1.54) is 12.1 Å². The summed E-state index contributed by atoms with van der Waals surface area (Å²) in [5.41, 5.74) is -0.895. The monoisotopic (exact) mass is 532 g/mol. The van der Waals surface area contributed by atoms with Crippen LogP contribution in [0.3, 0.4) is 0 Å². The highest BCUT2D eigenvalue weighted by Crippen LogP contribution is 2.30. The molecule has 2 N–H and O–H groups in total. The van der Waals surface area contributed by atoms with Gasteiger partial charge >= 0.3 is 6.18 Å². The number of aromatic nitrogens is 1. The Morgan fingerprint density at radius 1 is 1.21 bits per heavy atom. The fraction of sp³-hybridized carbons (Fsp3) is 0.412. The van der Waals surface area contributed by atoms with E-state index in [0.29, 0.717) is 42.8 Å². The number of rotatable bonds is 8. The zero-order chi connectivity index (χ0) is 19.7. The maximum Gasteiger partial charge on any atom is 0.434 e. The summed E-state index contributed by atoms with van der Waals surface area (Å²) < 4.78 is 56.0. The minimum atomic E-state index is -4.44. The third-order valence-corrected chi connectivity index (χ3v) is 4.09. The molecule has 11 heteroatoms. The van der Waals surface area contributed by atoms with Crippen molar-refractivity contribution in [3.8, 4) is 5.75 Å². The van der Waals surface area contributed by atoms with Crippen LogP contribution in [0.2, 0.25) is 0 Å². The highest BCUT2D eigenvalue weighted by Gasteiger charge is 2.33. The van der Waals surface area contributed by atoms with Crippen molar-refractivity contribution in [2.75, 3.05) is 19.7 Å². The maximum absolute atomic E-state index is 12.8. The van der Waals surface area contributed by atoms with Crippen LogP contribution in [0.15, 0.2) is 34.6 Å².